The Hall–Kier alpha value is -1.72. The van der Waals surface area contributed by atoms with Crippen LogP contribution in [0.15, 0.2) is 18.2 Å². The number of benzene rings is 1. The summed E-state index contributed by atoms with van der Waals surface area (Å²) in [5, 5.41) is 2.76. The molecule has 1 aromatic rings. The Morgan fingerprint density at radius 3 is 2.59 bits per heavy atom. The van der Waals surface area contributed by atoms with Gasteiger partial charge in [-0.1, -0.05) is 0 Å². The quantitative estimate of drug-likeness (QED) is 0.760. The van der Waals surface area contributed by atoms with Crippen LogP contribution in [0.3, 0.4) is 0 Å². The van der Waals surface area contributed by atoms with Crippen molar-refractivity contribution in [3.05, 3.63) is 23.8 Å². The molecule has 2 rings (SSSR count). The van der Waals surface area contributed by atoms with Crippen molar-refractivity contribution in [1.82, 2.24) is 0 Å². The van der Waals surface area contributed by atoms with E-state index in [0.717, 1.165) is 12.1 Å². The number of carbonyl (C=O) groups excluding carboxylic acids is 1. The van der Waals surface area contributed by atoms with Gasteiger partial charge in [0.05, 0.1) is 16.9 Å². The largest absolute Gasteiger partial charge is 0.416 e. The van der Waals surface area contributed by atoms with Gasteiger partial charge >= 0.3 is 6.18 Å². The van der Waals surface area contributed by atoms with E-state index >= 15 is 0 Å². The molecule has 1 aliphatic rings. The first kappa shape index (κ1) is 11.8. The molecule has 17 heavy (non-hydrogen) atoms. The summed E-state index contributed by atoms with van der Waals surface area (Å²) >= 11 is 0. The summed E-state index contributed by atoms with van der Waals surface area (Å²) in [5.74, 6) is -0.169. The third kappa shape index (κ3) is 1.94. The molecule has 1 unspecified atom stereocenters. The second-order valence-corrected chi connectivity index (χ2v) is 3.99. The highest BCUT2D eigenvalue weighted by molar-refractivity contribution is 6.04. The van der Waals surface area contributed by atoms with Crippen LogP contribution in [-0.4, -0.2) is 19.0 Å². The van der Waals surface area contributed by atoms with Crippen molar-refractivity contribution in [3.63, 3.8) is 0 Å². The highest BCUT2D eigenvalue weighted by Crippen LogP contribution is 2.37. The van der Waals surface area contributed by atoms with E-state index in [2.05, 4.69) is 5.32 Å². The Kier molecular flexibility index (Phi) is 2.52. The van der Waals surface area contributed by atoms with Gasteiger partial charge in [0, 0.05) is 7.05 Å². The fraction of sp³-hybridized carbons (Fsp3) is 0.364. The number of halogens is 3. The van der Waals surface area contributed by atoms with Gasteiger partial charge in [0.2, 0.25) is 5.91 Å². The lowest BCUT2D eigenvalue weighted by Crippen LogP contribution is -2.43. The molecular weight excluding hydrogens is 233 g/mol. The SMILES string of the molecule is CC1Nc2cc(C(F)(F)F)ccc2N(C)C1=O. The predicted molar refractivity (Wildman–Crippen MR) is 57.9 cm³/mol. The number of rotatable bonds is 0. The van der Waals surface area contributed by atoms with Gasteiger partial charge in [0.1, 0.15) is 6.04 Å². The molecule has 0 aliphatic carbocycles. The van der Waals surface area contributed by atoms with Crippen molar-refractivity contribution in [2.24, 2.45) is 0 Å². The molecular formula is C11H11F3N2O. The van der Waals surface area contributed by atoms with Crippen molar-refractivity contribution in [2.75, 3.05) is 17.3 Å². The maximum atomic E-state index is 12.5. The van der Waals surface area contributed by atoms with Crippen LogP contribution >= 0.6 is 0 Å². The highest BCUT2D eigenvalue weighted by Gasteiger charge is 2.33. The van der Waals surface area contributed by atoms with E-state index in [1.165, 1.54) is 11.0 Å². The first-order chi connectivity index (χ1) is 7.80. The van der Waals surface area contributed by atoms with Crippen LogP contribution in [-0.2, 0) is 11.0 Å². The van der Waals surface area contributed by atoms with E-state index in [9.17, 15) is 18.0 Å². The Balaban J connectivity index is 2.48. The van der Waals surface area contributed by atoms with Crippen LogP contribution in [0, 0.1) is 0 Å². The predicted octanol–water partition coefficient (Wildman–Crippen LogP) is 2.48. The van der Waals surface area contributed by atoms with Gasteiger partial charge in [0.15, 0.2) is 0 Å². The van der Waals surface area contributed by atoms with Crippen LogP contribution in [0.5, 0.6) is 0 Å². The maximum Gasteiger partial charge on any atom is 0.416 e. The second-order valence-electron chi connectivity index (χ2n) is 3.99. The lowest BCUT2D eigenvalue weighted by molar-refractivity contribution is -0.137. The number of hydrogen-bond acceptors (Lipinski definition) is 2. The van der Waals surface area contributed by atoms with E-state index in [1.54, 1.807) is 14.0 Å². The number of nitrogens with one attached hydrogen (secondary N) is 1. The summed E-state index contributed by atoms with van der Waals surface area (Å²) in [6.45, 7) is 1.61. The van der Waals surface area contributed by atoms with Gasteiger partial charge in [-0.25, -0.2) is 0 Å². The summed E-state index contributed by atoms with van der Waals surface area (Å²) in [7, 11) is 1.55. The Morgan fingerprint density at radius 1 is 1.35 bits per heavy atom. The van der Waals surface area contributed by atoms with Gasteiger partial charge in [0.25, 0.3) is 0 Å². The first-order valence-corrected chi connectivity index (χ1v) is 5.06. The summed E-state index contributed by atoms with van der Waals surface area (Å²) in [5.41, 5.74) is 0.0641. The zero-order valence-corrected chi connectivity index (χ0v) is 9.30. The average Bonchev–Trinajstić information content (AvgIpc) is 2.24. The monoisotopic (exact) mass is 244 g/mol. The van der Waals surface area contributed by atoms with E-state index in [-0.39, 0.29) is 5.91 Å². The number of anilines is 2. The molecule has 0 saturated carbocycles. The molecule has 92 valence electrons. The van der Waals surface area contributed by atoms with Gasteiger partial charge in [-0.15, -0.1) is 0 Å². The fourth-order valence-electron chi connectivity index (χ4n) is 1.82. The minimum absolute atomic E-state index is 0.169. The summed E-state index contributed by atoms with van der Waals surface area (Å²) in [4.78, 5) is 13.0. The van der Waals surface area contributed by atoms with Gasteiger partial charge in [-0.05, 0) is 25.1 Å². The lowest BCUT2D eigenvalue weighted by Gasteiger charge is -2.31. The Labute approximate surface area is 96.2 Å². The molecule has 0 radical (unpaired) electrons. The van der Waals surface area contributed by atoms with Crippen molar-refractivity contribution in [3.8, 4) is 0 Å². The van der Waals surface area contributed by atoms with Crippen LogP contribution in [0.4, 0.5) is 24.5 Å². The molecule has 0 bridgehead atoms. The second kappa shape index (κ2) is 3.65. The number of carbonyl (C=O) groups is 1. The molecule has 1 aliphatic heterocycles. The van der Waals surface area contributed by atoms with Crippen molar-refractivity contribution < 1.29 is 18.0 Å². The number of fused-ring (bicyclic) bond motifs is 1. The standard InChI is InChI=1S/C11H11F3N2O/c1-6-10(17)16(2)9-4-3-7(11(12,13)14)5-8(9)15-6/h3-6,15H,1-2H3. The van der Waals surface area contributed by atoms with E-state index in [0.29, 0.717) is 11.4 Å². The Bertz CT molecular complexity index is 470. The van der Waals surface area contributed by atoms with E-state index in [1.807, 2.05) is 0 Å². The minimum atomic E-state index is -4.38. The number of nitrogens with zero attached hydrogens (tertiary/aromatic N) is 1. The fourth-order valence-corrected chi connectivity index (χ4v) is 1.82. The molecule has 3 nitrogen and oxygen atoms in total. The normalized spacial score (nSPS) is 19.9. The molecule has 1 N–H and O–H groups in total. The summed E-state index contributed by atoms with van der Waals surface area (Å²) in [6.07, 6.45) is -4.38. The summed E-state index contributed by atoms with van der Waals surface area (Å²) in [6, 6.07) is 2.78. The minimum Gasteiger partial charge on any atom is -0.372 e. The third-order valence-electron chi connectivity index (χ3n) is 2.76. The van der Waals surface area contributed by atoms with Gasteiger partial charge < -0.3 is 10.2 Å². The van der Waals surface area contributed by atoms with Crippen molar-refractivity contribution in [1.29, 1.82) is 0 Å². The average molecular weight is 244 g/mol. The molecule has 0 spiro atoms. The van der Waals surface area contributed by atoms with E-state index < -0.39 is 17.8 Å². The highest BCUT2D eigenvalue weighted by atomic mass is 19.4. The number of amides is 1. The zero-order valence-electron chi connectivity index (χ0n) is 9.30. The molecule has 0 aromatic heterocycles. The van der Waals surface area contributed by atoms with Crippen LogP contribution in [0.1, 0.15) is 12.5 Å². The number of alkyl halides is 3. The van der Waals surface area contributed by atoms with Crippen LogP contribution in [0.25, 0.3) is 0 Å². The van der Waals surface area contributed by atoms with E-state index in [4.69, 9.17) is 0 Å². The topological polar surface area (TPSA) is 32.3 Å². The van der Waals surface area contributed by atoms with Gasteiger partial charge in [-0.3, -0.25) is 4.79 Å². The first-order valence-electron chi connectivity index (χ1n) is 5.06. The van der Waals surface area contributed by atoms with Crippen molar-refractivity contribution in [2.45, 2.75) is 19.1 Å². The van der Waals surface area contributed by atoms with Gasteiger partial charge in [-0.2, -0.15) is 13.2 Å². The maximum absolute atomic E-state index is 12.5. The van der Waals surface area contributed by atoms with Crippen LogP contribution < -0.4 is 10.2 Å². The number of likely N-dealkylation sites (N-methyl/N-ethyl adjacent to an activating group) is 1. The smallest absolute Gasteiger partial charge is 0.372 e. The van der Waals surface area contributed by atoms with Crippen molar-refractivity contribution >= 4 is 17.3 Å². The third-order valence-corrected chi connectivity index (χ3v) is 2.76. The molecule has 0 saturated heterocycles. The molecule has 1 atom stereocenters. The Morgan fingerprint density at radius 2 is 2.00 bits per heavy atom. The van der Waals surface area contributed by atoms with Crippen LogP contribution in [0.2, 0.25) is 0 Å². The molecule has 0 fully saturated rings. The molecule has 1 aromatic carbocycles. The molecule has 6 heteroatoms. The summed E-state index contributed by atoms with van der Waals surface area (Å²) < 4.78 is 37.6. The lowest BCUT2D eigenvalue weighted by atomic mass is 10.1. The zero-order chi connectivity index (χ0) is 12.8. The molecule has 1 amide bonds. The molecule has 1 heterocycles. The number of hydrogen-bond donors (Lipinski definition) is 1.